The number of rotatable bonds is 0. The fraction of sp³-hybridized carbons (Fsp3) is 0.125. The lowest BCUT2D eigenvalue weighted by Crippen LogP contribution is -2.11. The molecule has 2 aliphatic rings. The molecule has 2 aromatic rings. The third-order valence-electron chi connectivity index (χ3n) is 3.70. The molecule has 0 saturated heterocycles. The van der Waals surface area contributed by atoms with Crippen LogP contribution in [0.4, 0.5) is 0 Å². The van der Waals surface area contributed by atoms with Gasteiger partial charge in [-0.3, -0.25) is 9.59 Å². The van der Waals surface area contributed by atoms with Crippen molar-refractivity contribution < 1.29 is 14.3 Å². The molecule has 0 atom stereocenters. The standard InChI is InChI=1S/C16H10O3/c17-12-7-3-6-10-9-4-1-2-5-11(9)16-15(14(10)12)13(18)8-19-16/h1-6H,7-8H2. The van der Waals surface area contributed by atoms with Gasteiger partial charge in [-0.15, -0.1) is 0 Å². The van der Waals surface area contributed by atoms with E-state index >= 15 is 0 Å². The van der Waals surface area contributed by atoms with Crippen LogP contribution < -0.4 is 4.74 Å². The first-order valence-electron chi connectivity index (χ1n) is 6.22. The quantitative estimate of drug-likeness (QED) is 0.721. The van der Waals surface area contributed by atoms with Gasteiger partial charge in [0, 0.05) is 17.4 Å². The van der Waals surface area contributed by atoms with E-state index in [9.17, 15) is 9.59 Å². The lowest BCUT2D eigenvalue weighted by atomic mass is 9.86. The highest BCUT2D eigenvalue weighted by Crippen LogP contribution is 2.41. The number of ketones is 2. The van der Waals surface area contributed by atoms with Crippen LogP contribution in [0, 0.1) is 0 Å². The minimum Gasteiger partial charge on any atom is -0.484 e. The van der Waals surface area contributed by atoms with Crippen LogP contribution in [-0.4, -0.2) is 18.2 Å². The highest BCUT2D eigenvalue weighted by atomic mass is 16.5. The van der Waals surface area contributed by atoms with Crippen molar-refractivity contribution in [2.45, 2.75) is 6.42 Å². The second kappa shape index (κ2) is 3.54. The molecule has 0 spiro atoms. The molecule has 0 amide bonds. The monoisotopic (exact) mass is 250 g/mol. The topological polar surface area (TPSA) is 43.4 Å². The first-order chi connectivity index (χ1) is 9.27. The molecular formula is C16H10O3. The fourth-order valence-electron chi connectivity index (χ4n) is 2.91. The molecule has 0 bridgehead atoms. The van der Waals surface area contributed by atoms with Gasteiger partial charge in [-0.05, 0) is 10.9 Å². The van der Waals surface area contributed by atoms with Gasteiger partial charge in [0.05, 0.1) is 5.56 Å². The molecule has 0 fully saturated rings. The first-order valence-corrected chi connectivity index (χ1v) is 6.22. The molecule has 0 saturated carbocycles. The van der Waals surface area contributed by atoms with Gasteiger partial charge in [0.2, 0.25) is 5.78 Å². The Bertz CT molecular complexity index is 784. The maximum atomic E-state index is 12.2. The molecule has 0 N–H and O–H groups in total. The minimum atomic E-state index is -0.0966. The van der Waals surface area contributed by atoms with E-state index in [1.807, 2.05) is 36.4 Å². The Kier molecular flexibility index (Phi) is 1.96. The van der Waals surface area contributed by atoms with E-state index in [4.69, 9.17) is 4.74 Å². The van der Waals surface area contributed by atoms with Crippen molar-refractivity contribution in [2.24, 2.45) is 0 Å². The number of carbonyl (C=O) groups excluding carboxylic acids is 2. The number of hydrogen-bond donors (Lipinski definition) is 0. The van der Waals surface area contributed by atoms with Crippen molar-refractivity contribution in [3.63, 3.8) is 0 Å². The smallest absolute Gasteiger partial charge is 0.204 e. The second-order valence-electron chi connectivity index (χ2n) is 4.78. The Morgan fingerprint density at radius 1 is 0.947 bits per heavy atom. The van der Waals surface area contributed by atoms with Gasteiger partial charge in [-0.25, -0.2) is 0 Å². The zero-order chi connectivity index (χ0) is 13.0. The molecule has 2 aromatic carbocycles. The minimum absolute atomic E-state index is 0.00152. The predicted octanol–water partition coefficient (Wildman–Crippen LogP) is 3.01. The highest BCUT2D eigenvalue weighted by molar-refractivity contribution is 6.21. The van der Waals surface area contributed by atoms with Crippen LogP contribution in [0.25, 0.3) is 16.8 Å². The van der Waals surface area contributed by atoms with E-state index in [2.05, 4.69) is 0 Å². The molecule has 92 valence electrons. The lowest BCUT2D eigenvalue weighted by Gasteiger charge is -2.16. The molecule has 0 unspecified atom stereocenters. The normalized spacial score (nSPS) is 16.4. The molecule has 3 nitrogen and oxygen atoms in total. The van der Waals surface area contributed by atoms with Crippen LogP contribution in [-0.2, 0) is 0 Å². The fourth-order valence-corrected chi connectivity index (χ4v) is 2.91. The summed E-state index contributed by atoms with van der Waals surface area (Å²) in [5, 5.41) is 1.87. The molecular weight excluding hydrogens is 240 g/mol. The van der Waals surface area contributed by atoms with Crippen LogP contribution in [0.1, 0.15) is 32.7 Å². The summed E-state index contributed by atoms with van der Waals surface area (Å²) in [7, 11) is 0. The lowest BCUT2D eigenvalue weighted by molar-refractivity contribution is 0.0945. The van der Waals surface area contributed by atoms with Crippen molar-refractivity contribution >= 4 is 28.4 Å². The second-order valence-corrected chi connectivity index (χ2v) is 4.78. The van der Waals surface area contributed by atoms with Gasteiger partial charge in [-0.1, -0.05) is 36.4 Å². The molecule has 0 radical (unpaired) electrons. The third-order valence-corrected chi connectivity index (χ3v) is 3.70. The summed E-state index contributed by atoms with van der Waals surface area (Å²) >= 11 is 0. The summed E-state index contributed by atoms with van der Waals surface area (Å²) in [6.07, 6.45) is 4.14. The van der Waals surface area contributed by atoms with Gasteiger partial charge in [0.1, 0.15) is 5.75 Å². The molecule has 1 aliphatic carbocycles. The molecule has 4 rings (SSSR count). The number of fused-ring (bicyclic) bond motifs is 6. The van der Waals surface area contributed by atoms with E-state index in [1.54, 1.807) is 0 Å². The van der Waals surface area contributed by atoms with Crippen LogP contribution in [0.15, 0.2) is 30.3 Å². The molecule has 3 heteroatoms. The maximum Gasteiger partial charge on any atom is 0.204 e. The van der Waals surface area contributed by atoms with Gasteiger partial charge < -0.3 is 4.74 Å². The summed E-state index contributed by atoms with van der Waals surface area (Å²) in [4.78, 5) is 24.2. The Balaban J connectivity index is 2.27. The van der Waals surface area contributed by atoms with Crippen molar-refractivity contribution in [2.75, 3.05) is 6.61 Å². The third kappa shape index (κ3) is 1.27. The number of hydrogen-bond acceptors (Lipinski definition) is 3. The average Bonchev–Trinajstić information content (AvgIpc) is 2.82. The highest BCUT2D eigenvalue weighted by Gasteiger charge is 2.32. The Morgan fingerprint density at radius 3 is 2.58 bits per heavy atom. The number of carbonyl (C=O) groups is 2. The Morgan fingerprint density at radius 2 is 1.74 bits per heavy atom. The SMILES string of the molecule is O=C1CC=Cc2c1c1c(c3ccccc23)OCC1=O. The summed E-state index contributed by atoms with van der Waals surface area (Å²) in [5.74, 6) is 0.474. The molecule has 1 aliphatic heterocycles. The van der Waals surface area contributed by atoms with Gasteiger partial charge >= 0.3 is 0 Å². The summed E-state index contributed by atoms with van der Waals surface area (Å²) in [6, 6.07) is 7.73. The zero-order valence-electron chi connectivity index (χ0n) is 10.1. The number of ether oxygens (including phenoxy) is 1. The Hall–Kier alpha value is -2.42. The van der Waals surface area contributed by atoms with Gasteiger partial charge in [-0.2, -0.15) is 0 Å². The van der Waals surface area contributed by atoms with E-state index in [1.165, 1.54) is 0 Å². The van der Waals surface area contributed by atoms with Crippen LogP contribution >= 0.6 is 0 Å². The van der Waals surface area contributed by atoms with Gasteiger partial charge in [0.15, 0.2) is 12.4 Å². The number of allylic oxidation sites excluding steroid dienone is 1. The van der Waals surface area contributed by atoms with E-state index in [0.29, 0.717) is 23.3 Å². The van der Waals surface area contributed by atoms with Crippen LogP contribution in [0.2, 0.25) is 0 Å². The maximum absolute atomic E-state index is 12.2. The van der Waals surface area contributed by atoms with E-state index in [-0.39, 0.29) is 18.2 Å². The number of Topliss-reactive ketones (excluding diaryl/α,β-unsaturated/α-hetero) is 2. The molecule has 19 heavy (non-hydrogen) atoms. The van der Waals surface area contributed by atoms with Crippen molar-refractivity contribution in [1.29, 1.82) is 0 Å². The molecule has 1 heterocycles. The van der Waals surface area contributed by atoms with Crippen molar-refractivity contribution in [3.05, 3.63) is 47.0 Å². The van der Waals surface area contributed by atoms with Gasteiger partial charge in [0.25, 0.3) is 0 Å². The van der Waals surface area contributed by atoms with Crippen molar-refractivity contribution in [1.82, 2.24) is 0 Å². The summed E-state index contributed by atoms with van der Waals surface area (Å²) in [5.41, 5.74) is 1.87. The van der Waals surface area contributed by atoms with E-state index < -0.39 is 0 Å². The van der Waals surface area contributed by atoms with E-state index in [0.717, 1.165) is 16.3 Å². The summed E-state index contributed by atoms with van der Waals surface area (Å²) < 4.78 is 5.51. The van der Waals surface area contributed by atoms with Crippen LogP contribution in [0.3, 0.4) is 0 Å². The zero-order valence-corrected chi connectivity index (χ0v) is 10.1. The average molecular weight is 250 g/mol. The number of benzene rings is 2. The largest absolute Gasteiger partial charge is 0.484 e. The molecule has 0 aromatic heterocycles. The first kappa shape index (κ1) is 10.5. The predicted molar refractivity (Wildman–Crippen MR) is 71.8 cm³/mol. The van der Waals surface area contributed by atoms with Crippen LogP contribution in [0.5, 0.6) is 5.75 Å². The van der Waals surface area contributed by atoms with Crippen molar-refractivity contribution in [3.8, 4) is 5.75 Å². The Labute approximate surface area is 109 Å². The summed E-state index contributed by atoms with van der Waals surface area (Å²) in [6.45, 7) is 0.0345.